The van der Waals surface area contributed by atoms with Crippen molar-refractivity contribution in [3.8, 4) is 0 Å². The molecule has 3 saturated heterocycles. The highest BCUT2D eigenvalue weighted by Gasteiger charge is 2.70. The van der Waals surface area contributed by atoms with E-state index in [-0.39, 0.29) is 29.3 Å². The van der Waals surface area contributed by atoms with Crippen LogP contribution >= 0.6 is 0 Å². The van der Waals surface area contributed by atoms with E-state index in [9.17, 15) is 18.3 Å². The fraction of sp³-hybridized carbons (Fsp3) is 0.733. The van der Waals surface area contributed by atoms with Crippen LogP contribution in [0.3, 0.4) is 0 Å². The first-order valence-corrected chi connectivity index (χ1v) is 9.69. The number of carboxylic acids is 1. The van der Waals surface area contributed by atoms with Crippen LogP contribution in [-0.4, -0.2) is 58.9 Å². The largest absolute Gasteiger partial charge is 0.480 e. The van der Waals surface area contributed by atoms with Crippen LogP contribution in [0.25, 0.3) is 0 Å². The Hall–Kier alpha value is -1.45. The van der Waals surface area contributed by atoms with Crippen molar-refractivity contribution in [2.75, 3.05) is 19.8 Å². The van der Waals surface area contributed by atoms with Crippen LogP contribution < -0.4 is 0 Å². The molecule has 0 spiro atoms. The summed E-state index contributed by atoms with van der Waals surface area (Å²) in [5.74, 6) is -1.08. The van der Waals surface area contributed by atoms with Crippen molar-refractivity contribution < 1.29 is 23.1 Å². The lowest BCUT2D eigenvalue weighted by Crippen LogP contribution is -2.59. The van der Waals surface area contributed by atoms with Gasteiger partial charge in [0, 0.05) is 26.0 Å². The summed E-state index contributed by atoms with van der Waals surface area (Å²) in [4.78, 5) is 11.8. The van der Waals surface area contributed by atoms with Crippen molar-refractivity contribution in [2.24, 2.45) is 11.8 Å². The molecule has 1 aromatic rings. The third kappa shape index (κ3) is 2.01. The molecule has 9 heteroatoms. The molecule has 1 aliphatic carbocycles. The van der Waals surface area contributed by atoms with Gasteiger partial charge in [0.25, 0.3) is 0 Å². The molecule has 8 nitrogen and oxygen atoms in total. The van der Waals surface area contributed by atoms with Gasteiger partial charge in [0.15, 0.2) is 0 Å². The first-order chi connectivity index (χ1) is 11.4. The second-order valence-corrected chi connectivity index (χ2v) is 8.88. The summed E-state index contributed by atoms with van der Waals surface area (Å²) in [6.07, 6.45) is 4.85. The van der Waals surface area contributed by atoms with E-state index in [0.717, 1.165) is 12.8 Å². The summed E-state index contributed by atoms with van der Waals surface area (Å²) in [5, 5.41) is 13.8. The van der Waals surface area contributed by atoms with Gasteiger partial charge in [-0.3, -0.25) is 9.48 Å². The number of ether oxygens (including phenoxy) is 1. The first-order valence-electron chi connectivity index (χ1n) is 8.25. The van der Waals surface area contributed by atoms with Gasteiger partial charge in [0.1, 0.15) is 10.4 Å². The predicted molar refractivity (Wildman–Crippen MR) is 82.8 cm³/mol. The maximum atomic E-state index is 13.0. The summed E-state index contributed by atoms with van der Waals surface area (Å²) >= 11 is 0. The Bertz CT molecular complexity index is 770. The molecule has 24 heavy (non-hydrogen) atoms. The van der Waals surface area contributed by atoms with E-state index in [1.807, 2.05) is 6.92 Å². The zero-order valence-corrected chi connectivity index (χ0v) is 14.3. The molecule has 4 aliphatic rings. The monoisotopic (exact) mass is 355 g/mol. The summed E-state index contributed by atoms with van der Waals surface area (Å²) in [7, 11) is -3.86. The highest BCUT2D eigenvalue weighted by atomic mass is 32.2. The second kappa shape index (κ2) is 5.27. The third-order valence-corrected chi connectivity index (χ3v) is 7.84. The maximum Gasteiger partial charge on any atom is 0.325 e. The number of nitrogens with zero attached hydrogens (tertiary/aromatic N) is 3. The zero-order chi connectivity index (χ0) is 17.1. The number of hydrogen-bond acceptors (Lipinski definition) is 5. The van der Waals surface area contributed by atoms with Crippen LogP contribution in [0.1, 0.15) is 32.2 Å². The van der Waals surface area contributed by atoms with Crippen LogP contribution in [-0.2, 0) is 19.6 Å². The van der Waals surface area contributed by atoms with Crippen LogP contribution in [0.4, 0.5) is 0 Å². The molecule has 1 N–H and O–H groups in total. The molecule has 5 rings (SSSR count). The molecule has 1 saturated carbocycles. The molecular formula is C15H21N3O5S. The van der Waals surface area contributed by atoms with Crippen LogP contribution in [0.2, 0.25) is 0 Å². The molecule has 3 aliphatic heterocycles. The van der Waals surface area contributed by atoms with Gasteiger partial charge in [-0.1, -0.05) is 6.92 Å². The minimum atomic E-state index is -3.86. The number of carbonyl (C=O) groups is 1. The number of aliphatic carboxylic acids is 1. The van der Waals surface area contributed by atoms with Crippen molar-refractivity contribution in [3.05, 3.63) is 12.4 Å². The fourth-order valence-corrected chi connectivity index (χ4v) is 6.16. The van der Waals surface area contributed by atoms with Crippen LogP contribution in [0.5, 0.6) is 0 Å². The molecule has 3 atom stereocenters. The Morgan fingerprint density at radius 3 is 2.75 bits per heavy atom. The molecular weight excluding hydrogens is 334 g/mol. The van der Waals surface area contributed by atoms with Gasteiger partial charge < -0.3 is 9.84 Å². The Kier molecular flexibility index (Phi) is 3.52. The molecule has 0 radical (unpaired) electrons. The van der Waals surface area contributed by atoms with Crippen molar-refractivity contribution in [3.63, 3.8) is 0 Å². The predicted octanol–water partition coefficient (Wildman–Crippen LogP) is 0.718. The second-order valence-electron chi connectivity index (χ2n) is 7.02. The number of fused-ring (bicyclic) bond motifs is 1. The van der Waals surface area contributed by atoms with Crippen molar-refractivity contribution in [1.29, 1.82) is 0 Å². The number of hydrogen-bond donors (Lipinski definition) is 1. The average molecular weight is 355 g/mol. The van der Waals surface area contributed by atoms with Gasteiger partial charge in [-0.25, -0.2) is 8.42 Å². The van der Waals surface area contributed by atoms with Gasteiger partial charge in [-0.2, -0.15) is 9.40 Å². The Balaban J connectivity index is 1.64. The summed E-state index contributed by atoms with van der Waals surface area (Å²) < 4.78 is 34.2. The van der Waals surface area contributed by atoms with E-state index in [2.05, 4.69) is 5.10 Å². The van der Waals surface area contributed by atoms with Crippen molar-refractivity contribution in [2.45, 2.75) is 42.7 Å². The Labute approximate surface area is 140 Å². The van der Waals surface area contributed by atoms with Gasteiger partial charge in [-0.15, -0.1) is 0 Å². The SMILES string of the molecule is C[C@@H]1[C@@H]2CN(S(=O)(=O)c3cnn(C4CCOCC4)c3)[C@@]1(C(=O)O)C2. The summed E-state index contributed by atoms with van der Waals surface area (Å²) in [5.41, 5.74) is -1.29. The molecule has 4 heterocycles. The molecule has 0 amide bonds. The third-order valence-electron chi connectivity index (χ3n) is 5.98. The van der Waals surface area contributed by atoms with Gasteiger partial charge >= 0.3 is 5.97 Å². The lowest BCUT2D eigenvalue weighted by molar-refractivity contribution is -0.154. The van der Waals surface area contributed by atoms with Gasteiger partial charge in [0.2, 0.25) is 10.0 Å². The minimum absolute atomic E-state index is 0.0781. The summed E-state index contributed by atoms with van der Waals surface area (Å²) in [6, 6.07) is 0.127. The lowest BCUT2D eigenvalue weighted by Gasteiger charge is -2.43. The molecule has 0 aromatic carbocycles. The topological polar surface area (TPSA) is 102 Å². The summed E-state index contributed by atoms with van der Waals surface area (Å²) in [6.45, 7) is 3.38. The van der Waals surface area contributed by atoms with Crippen molar-refractivity contribution in [1.82, 2.24) is 14.1 Å². The molecule has 2 bridgehead atoms. The Morgan fingerprint density at radius 2 is 2.12 bits per heavy atom. The Morgan fingerprint density at radius 1 is 1.42 bits per heavy atom. The standard InChI is InChI=1S/C15H21N3O5S/c1-10-11-6-15(10,14(19)20)18(8-11)24(21,22)13-7-16-17(9-13)12-2-4-23-5-3-12/h7,9-12H,2-6,8H2,1H3,(H,19,20)/t10-,11+,15+/m1/s1. The van der Waals surface area contributed by atoms with Crippen LogP contribution in [0, 0.1) is 11.8 Å². The fourth-order valence-electron chi connectivity index (χ4n) is 4.35. The van der Waals surface area contributed by atoms with Gasteiger partial charge in [0.05, 0.1) is 12.2 Å². The molecule has 4 fully saturated rings. The van der Waals surface area contributed by atoms with Gasteiger partial charge in [-0.05, 0) is 31.1 Å². The van der Waals surface area contributed by atoms with E-state index < -0.39 is 21.5 Å². The number of aromatic nitrogens is 2. The highest BCUT2D eigenvalue weighted by Crippen LogP contribution is 2.57. The van der Waals surface area contributed by atoms with E-state index in [1.165, 1.54) is 16.7 Å². The average Bonchev–Trinajstić information content (AvgIpc) is 3.27. The number of rotatable bonds is 4. The highest BCUT2D eigenvalue weighted by molar-refractivity contribution is 7.89. The lowest BCUT2D eigenvalue weighted by atomic mass is 9.64. The van der Waals surface area contributed by atoms with E-state index in [4.69, 9.17) is 4.74 Å². The first kappa shape index (κ1) is 16.0. The number of carboxylic acid groups (broad SMARTS) is 1. The maximum absolute atomic E-state index is 13.0. The minimum Gasteiger partial charge on any atom is -0.480 e. The van der Waals surface area contributed by atoms with Crippen LogP contribution in [0.15, 0.2) is 17.3 Å². The quantitative estimate of drug-likeness (QED) is 0.854. The smallest absolute Gasteiger partial charge is 0.325 e. The van der Waals surface area contributed by atoms with E-state index >= 15 is 0 Å². The zero-order valence-electron chi connectivity index (χ0n) is 13.5. The molecule has 0 unspecified atom stereocenters. The van der Waals surface area contributed by atoms with E-state index in [0.29, 0.717) is 19.6 Å². The number of sulfonamides is 1. The molecule has 1 aromatic heterocycles. The van der Waals surface area contributed by atoms with E-state index in [1.54, 1.807) is 4.68 Å². The van der Waals surface area contributed by atoms with Crippen molar-refractivity contribution >= 4 is 16.0 Å². The normalized spacial score (nSPS) is 34.2. The molecule has 132 valence electrons.